The lowest BCUT2D eigenvalue weighted by atomic mass is 10.2. The van der Waals surface area contributed by atoms with Crippen LogP contribution in [0.2, 0.25) is 0 Å². The number of hydrogen-bond donors (Lipinski definition) is 0. The van der Waals surface area contributed by atoms with Crippen molar-refractivity contribution in [3.63, 3.8) is 0 Å². The molecule has 0 aliphatic rings. The molecule has 0 aliphatic carbocycles. The average molecular weight is 249 g/mol. The molecular formula is C11H11N3S2. The minimum Gasteiger partial charge on any atom is -0.217 e. The fourth-order valence-electron chi connectivity index (χ4n) is 1.27. The van der Waals surface area contributed by atoms with E-state index in [2.05, 4.69) is 15.2 Å². The maximum atomic E-state index is 4.50. The third-order valence-corrected chi connectivity index (χ3v) is 3.51. The fourth-order valence-corrected chi connectivity index (χ4v) is 2.51. The van der Waals surface area contributed by atoms with Gasteiger partial charge in [0.15, 0.2) is 10.9 Å². The molecule has 0 N–H and O–H groups in total. The van der Waals surface area contributed by atoms with Crippen LogP contribution in [-0.2, 0) is 0 Å². The molecule has 2 aromatic rings. The molecule has 0 spiro atoms. The van der Waals surface area contributed by atoms with Gasteiger partial charge in [0.1, 0.15) is 5.03 Å². The zero-order chi connectivity index (χ0) is 11.4. The van der Waals surface area contributed by atoms with Crippen molar-refractivity contribution in [2.75, 3.05) is 12.5 Å². The van der Waals surface area contributed by atoms with Crippen LogP contribution in [0.3, 0.4) is 0 Å². The molecule has 16 heavy (non-hydrogen) atoms. The van der Waals surface area contributed by atoms with E-state index in [1.54, 1.807) is 23.5 Å². The third kappa shape index (κ3) is 2.36. The number of hydrogen-bond acceptors (Lipinski definition) is 5. The minimum atomic E-state index is 0.683. The van der Waals surface area contributed by atoms with Crippen LogP contribution in [0.1, 0.15) is 0 Å². The zero-order valence-corrected chi connectivity index (χ0v) is 10.7. The molecule has 1 aromatic carbocycles. The van der Waals surface area contributed by atoms with Gasteiger partial charge in [0.25, 0.3) is 0 Å². The number of rotatable bonds is 3. The number of benzene rings is 1. The highest BCUT2D eigenvalue weighted by Crippen LogP contribution is 2.25. The van der Waals surface area contributed by atoms with Gasteiger partial charge in [0.05, 0.1) is 0 Å². The van der Waals surface area contributed by atoms with Crippen molar-refractivity contribution < 1.29 is 0 Å². The molecule has 0 bridgehead atoms. The summed E-state index contributed by atoms with van der Waals surface area (Å²) in [6.07, 6.45) is 3.98. The molecule has 0 fully saturated rings. The standard InChI is InChI=1S/C11H11N3S2/c1-15-10-11(16-2)14-13-9(12-10)8-6-4-3-5-7-8/h3-7H,1-2H3. The summed E-state index contributed by atoms with van der Waals surface area (Å²) >= 11 is 3.16. The van der Waals surface area contributed by atoms with Crippen LogP contribution in [0.4, 0.5) is 0 Å². The topological polar surface area (TPSA) is 38.7 Å². The summed E-state index contributed by atoms with van der Waals surface area (Å²) in [5.74, 6) is 0.683. The van der Waals surface area contributed by atoms with Crippen molar-refractivity contribution >= 4 is 23.5 Å². The summed E-state index contributed by atoms with van der Waals surface area (Å²) < 4.78 is 0. The van der Waals surface area contributed by atoms with Gasteiger partial charge < -0.3 is 0 Å². The molecule has 0 saturated carbocycles. The van der Waals surface area contributed by atoms with E-state index in [1.807, 2.05) is 42.8 Å². The molecule has 0 atom stereocenters. The Kier molecular flexibility index (Phi) is 3.79. The first kappa shape index (κ1) is 11.4. The Balaban J connectivity index is 2.44. The normalized spacial score (nSPS) is 10.4. The highest BCUT2D eigenvalue weighted by Gasteiger charge is 2.08. The van der Waals surface area contributed by atoms with Crippen LogP contribution in [0, 0.1) is 0 Å². The molecule has 3 nitrogen and oxygen atoms in total. The van der Waals surface area contributed by atoms with Gasteiger partial charge >= 0.3 is 0 Å². The molecule has 0 unspecified atom stereocenters. The summed E-state index contributed by atoms with van der Waals surface area (Å²) in [6.45, 7) is 0. The first-order chi connectivity index (χ1) is 7.85. The summed E-state index contributed by atoms with van der Waals surface area (Å²) in [7, 11) is 0. The maximum Gasteiger partial charge on any atom is 0.182 e. The van der Waals surface area contributed by atoms with Gasteiger partial charge in [-0.05, 0) is 12.5 Å². The Morgan fingerprint density at radius 3 is 2.19 bits per heavy atom. The van der Waals surface area contributed by atoms with Gasteiger partial charge in [0.2, 0.25) is 0 Å². The number of nitrogens with zero attached hydrogens (tertiary/aromatic N) is 3. The summed E-state index contributed by atoms with van der Waals surface area (Å²) in [4.78, 5) is 4.50. The molecule has 5 heteroatoms. The molecule has 82 valence electrons. The SMILES string of the molecule is CSc1nnc(-c2ccccc2)nc1SC. The molecule has 2 rings (SSSR count). The van der Waals surface area contributed by atoms with E-state index in [9.17, 15) is 0 Å². The van der Waals surface area contributed by atoms with Crippen LogP contribution in [0.25, 0.3) is 11.4 Å². The first-order valence-electron chi connectivity index (χ1n) is 4.73. The second-order valence-corrected chi connectivity index (χ2v) is 4.61. The van der Waals surface area contributed by atoms with Gasteiger partial charge in [-0.25, -0.2) is 4.98 Å². The van der Waals surface area contributed by atoms with Gasteiger partial charge in [-0.3, -0.25) is 0 Å². The maximum absolute atomic E-state index is 4.50. The monoisotopic (exact) mass is 249 g/mol. The van der Waals surface area contributed by atoms with Crippen molar-refractivity contribution in [2.24, 2.45) is 0 Å². The average Bonchev–Trinajstić information content (AvgIpc) is 2.39. The zero-order valence-electron chi connectivity index (χ0n) is 9.04. The number of thioether (sulfide) groups is 2. The molecule has 0 amide bonds. The van der Waals surface area contributed by atoms with E-state index in [0.717, 1.165) is 15.6 Å². The van der Waals surface area contributed by atoms with Gasteiger partial charge in [0, 0.05) is 5.56 Å². The predicted molar refractivity (Wildman–Crippen MR) is 68.8 cm³/mol. The van der Waals surface area contributed by atoms with Gasteiger partial charge in [-0.1, -0.05) is 30.3 Å². The van der Waals surface area contributed by atoms with Crippen LogP contribution in [-0.4, -0.2) is 27.7 Å². The molecule has 0 aliphatic heterocycles. The van der Waals surface area contributed by atoms with Gasteiger partial charge in [-0.15, -0.1) is 33.7 Å². The smallest absolute Gasteiger partial charge is 0.182 e. The van der Waals surface area contributed by atoms with E-state index in [4.69, 9.17) is 0 Å². The molecule has 1 aromatic heterocycles. The molecule has 1 heterocycles. The minimum absolute atomic E-state index is 0.683. The van der Waals surface area contributed by atoms with Crippen LogP contribution >= 0.6 is 23.5 Å². The molecular weight excluding hydrogens is 238 g/mol. The largest absolute Gasteiger partial charge is 0.217 e. The van der Waals surface area contributed by atoms with Crippen LogP contribution in [0.15, 0.2) is 40.4 Å². The van der Waals surface area contributed by atoms with Crippen LogP contribution in [0.5, 0.6) is 0 Å². The van der Waals surface area contributed by atoms with Crippen molar-refractivity contribution in [3.05, 3.63) is 30.3 Å². The first-order valence-corrected chi connectivity index (χ1v) is 7.18. The van der Waals surface area contributed by atoms with Crippen molar-refractivity contribution in [3.8, 4) is 11.4 Å². The van der Waals surface area contributed by atoms with E-state index < -0.39 is 0 Å². The lowest BCUT2D eigenvalue weighted by molar-refractivity contribution is 0.811. The Bertz CT molecular complexity index is 474. The highest BCUT2D eigenvalue weighted by atomic mass is 32.2. The van der Waals surface area contributed by atoms with Crippen molar-refractivity contribution in [1.29, 1.82) is 0 Å². The molecule has 0 saturated heterocycles. The Morgan fingerprint density at radius 2 is 1.56 bits per heavy atom. The number of aromatic nitrogens is 3. The summed E-state index contributed by atoms with van der Waals surface area (Å²) in [5.41, 5.74) is 0.998. The Hall–Kier alpha value is -1.07. The van der Waals surface area contributed by atoms with E-state index in [1.165, 1.54) is 0 Å². The summed E-state index contributed by atoms with van der Waals surface area (Å²) in [5, 5.41) is 10.1. The lowest BCUT2D eigenvalue weighted by Crippen LogP contribution is -1.97. The molecule has 0 radical (unpaired) electrons. The summed E-state index contributed by atoms with van der Waals surface area (Å²) in [6, 6.07) is 9.89. The Morgan fingerprint density at radius 1 is 0.875 bits per heavy atom. The fraction of sp³-hybridized carbons (Fsp3) is 0.182. The predicted octanol–water partition coefficient (Wildman–Crippen LogP) is 2.98. The van der Waals surface area contributed by atoms with Crippen molar-refractivity contribution in [2.45, 2.75) is 10.1 Å². The second kappa shape index (κ2) is 5.32. The lowest BCUT2D eigenvalue weighted by Gasteiger charge is -2.04. The van der Waals surface area contributed by atoms with Gasteiger partial charge in [-0.2, -0.15) is 0 Å². The van der Waals surface area contributed by atoms with Crippen LogP contribution < -0.4 is 0 Å². The third-order valence-electron chi connectivity index (χ3n) is 2.04. The van der Waals surface area contributed by atoms with E-state index in [0.29, 0.717) is 5.82 Å². The quantitative estimate of drug-likeness (QED) is 0.782. The Labute approximate surface area is 103 Å². The van der Waals surface area contributed by atoms with Crippen molar-refractivity contribution in [1.82, 2.24) is 15.2 Å². The van der Waals surface area contributed by atoms with E-state index in [-0.39, 0.29) is 0 Å². The second-order valence-electron chi connectivity index (χ2n) is 3.02. The highest BCUT2D eigenvalue weighted by molar-refractivity contribution is 8.01. The van der Waals surface area contributed by atoms with E-state index >= 15 is 0 Å².